The molecule has 0 aliphatic heterocycles. The minimum Gasteiger partial charge on any atom is -0.481 e. The second-order valence-electron chi connectivity index (χ2n) is 6.79. The zero-order valence-electron chi connectivity index (χ0n) is 14.0. The van der Waals surface area contributed by atoms with E-state index >= 15 is 0 Å². The molecule has 1 aliphatic carbocycles. The molecule has 1 aromatic heterocycles. The number of carboxylic acids is 1. The van der Waals surface area contributed by atoms with Crippen LogP contribution in [-0.2, 0) is 16.1 Å². The van der Waals surface area contributed by atoms with E-state index in [1.54, 1.807) is 0 Å². The number of aryl methyl sites for hydroxylation is 1. The first-order chi connectivity index (χ1) is 11.5. The van der Waals surface area contributed by atoms with Gasteiger partial charge >= 0.3 is 5.97 Å². The van der Waals surface area contributed by atoms with E-state index in [4.69, 9.17) is 5.11 Å². The number of nitrogens with zero attached hydrogens (tertiary/aromatic N) is 1. The van der Waals surface area contributed by atoms with Crippen LogP contribution < -0.4 is 5.32 Å². The molecule has 3 rings (SSSR count). The third-order valence-electron chi connectivity index (χ3n) is 5.10. The number of amides is 1. The van der Waals surface area contributed by atoms with Crippen LogP contribution >= 0.6 is 0 Å². The quantitative estimate of drug-likeness (QED) is 0.886. The molecule has 0 spiro atoms. The minimum absolute atomic E-state index is 0.0137. The van der Waals surface area contributed by atoms with E-state index in [9.17, 15) is 9.59 Å². The molecule has 5 heteroatoms. The van der Waals surface area contributed by atoms with Gasteiger partial charge in [-0.1, -0.05) is 18.2 Å². The van der Waals surface area contributed by atoms with Crippen LogP contribution in [0.3, 0.4) is 0 Å². The van der Waals surface area contributed by atoms with E-state index in [0.29, 0.717) is 19.0 Å². The van der Waals surface area contributed by atoms with E-state index in [1.165, 1.54) is 0 Å². The van der Waals surface area contributed by atoms with Gasteiger partial charge in [0.15, 0.2) is 0 Å². The van der Waals surface area contributed by atoms with Crippen molar-refractivity contribution in [3.63, 3.8) is 0 Å². The average molecular weight is 328 g/mol. The molecule has 0 atom stereocenters. The van der Waals surface area contributed by atoms with Gasteiger partial charge in [-0.05, 0) is 56.0 Å². The zero-order chi connectivity index (χ0) is 17.1. The van der Waals surface area contributed by atoms with Crippen molar-refractivity contribution in [1.29, 1.82) is 0 Å². The van der Waals surface area contributed by atoms with Crippen LogP contribution in [0.25, 0.3) is 10.9 Å². The zero-order valence-corrected chi connectivity index (χ0v) is 14.0. The molecule has 1 aromatic carbocycles. The summed E-state index contributed by atoms with van der Waals surface area (Å²) < 4.78 is 2.03. The topological polar surface area (TPSA) is 71.3 Å². The van der Waals surface area contributed by atoms with E-state index in [2.05, 4.69) is 17.4 Å². The number of rotatable bonds is 5. The van der Waals surface area contributed by atoms with Gasteiger partial charge in [0, 0.05) is 17.8 Å². The molecule has 2 aromatic rings. The number of carboxylic acid groups (broad SMARTS) is 1. The number of para-hydroxylation sites is 1. The van der Waals surface area contributed by atoms with E-state index < -0.39 is 5.97 Å². The maximum absolute atomic E-state index is 12.3. The number of aliphatic carboxylic acids is 1. The highest BCUT2D eigenvalue weighted by Gasteiger charge is 2.26. The van der Waals surface area contributed by atoms with Crippen LogP contribution in [0.15, 0.2) is 30.3 Å². The van der Waals surface area contributed by atoms with Crippen LogP contribution in [0, 0.1) is 18.8 Å². The highest BCUT2D eigenvalue weighted by Crippen LogP contribution is 2.28. The first kappa shape index (κ1) is 16.6. The Morgan fingerprint density at radius 3 is 2.62 bits per heavy atom. The molecule has 0 unspecified atom stereocenters. The fraction of sp³-hybridized carbons (Fsp3) is 0.474. The van der Waals surface area contributed by atoms with Crippen LogP contribution in [-0.4, -0.2) is 28.1 Å². The van der Waals surface area contributed by atoms with Crippen molar-refractivity contribution in [3.8, 4) is 0 Å². The third kappa shape index (κ3) is 3.61. The highest BCUT2D eigenvalue weighted by atomic mass is 16.4. The van der Waals surface area contributed by atoms with Crippen molar-refractivity contribution in [2.24, 2.45) is 11.8 Å². The summed E-state index contributed by atoms with van der Waals surface area (Å²) in [6, 6.07) is 10.2. The number of nitrogens with one attached hydrogen (secondary N) is 1. The van der Waals surface area contributed by atoms with Gasteiger partial charge in [-0.25, -0.2) is 0 Å². The highest BCUT2D eigenvalue weighted by molar-refractivity contribution is 5.84. The van der Waals surface area contributed by atoms with Crippen LogP contribution in [0.2, 0.25) is 0 Å². The number of carbonyl (C=O) groups is 2. The Morgan fingerprint density at radius 2 is 1.92 bits per heavy atom. The summed E-state index contributed by atoms with van der Waals surface area (Å²) in [5.41, 5.74) is 2.15. The maximum Gasteiger partial charge on any atom is 0.306 e. The summed E-state index contributed by atoms with van der Waals surface area (Å²) in [6.07, 6.45) is 3.19. The van der Waals surface area contributed by atoms with Gasteiger partial charge in [-0.15, -0.1) is 0 Å². The Bertz CT molecular complexity index is 742. The lowest BCUT2D eigenvalue weighted by atomic mass is 9.82. The maximum atomic E-state index is 12.3. The van der Waals surface area contributed by atoms with Gasteiger partial charge in [-0.2, -0.15) is 0 Å². The molecule has 0 bridgehead atoms. The summed E-state index contributed by atoms with van der Waals surface area (Å²) in [4.78, 5) is 23.3. The Kier molecular flexibility index (Phi) is 4.88. The smallest absolute Gasteiger partial charge is 0.306 e. The average Bonchev–Trinajstić information content (AvgIpc) is 2.89. The van der Waals surface area contributed by atoms with Gasteiger partial charge in [0.1, 0.15) is 6.54 Å². The number of hydrogen-bond donors (Lipinski definition) is 2. The van der Waals surface area contributed by atoms with Crippen LogP contribution in [0.5, 0.6) is 0 Å². The van der Waals surface area contributed by atoms with E-state index in [1.807, 2.05) is 29.7 Å². The van der Waals surface area contributed by atoms with Crippen molar-refractivity contribution >= 4 is 22.8 Å². The van der Waals surface area contributed by atoms with Gasteiger partial charge in [0.05, 0.1) is 5.92 Å². The molecule has 1 saturated carbocycles. The molecule has 0 saturated heterocycles. The van der Waals surface area contributed by atoms with Gasteiger partial charge in [0.25, 0.3) is 0 Å². The lowest BCUT2D eigenvalue weighted by molar-refractivity contribution is -0.143. The summed E-state index contributed by atoms with van der Waals surface area (Å²) in [5, 5.41) is 13.2. The predicted molar refractivity (Wildman–Crippen MR) is 92.8 cm³/mol. The van der Waals surface area contributed by atoms with Crippen LogP contribution in [0.4, 0.5) is 0 Å². The first-order valence-electron chi connectivity index (χ1n) is 8.59. The molecule has 2 N–H and O–H groups in total. The summed E-state index contributed by atoms with van der Waals surface area (Å²) in [5.74, 6) is -0.481. The van der Waals surface area contributed by atoms with Crippen molar-refractivity contribution in [3.05, 3.63) is 36.0 Å². The van der Waals surface area contributed by atoms with Crippen LogP contribution in [0.1, 0.15) is 31.4 Å². The lowest BCUT2D eigenvalue weighted by Gasteiger charge is -2.26. The number of benzene rings is 1. The van der Waals surface area contributed by atoms with Crippen molar-refractivity contribution in [2.75, 3.05) is 6.54 Å². The Hall–Kier alpha value is -2.30. The molecule has 24 heavy (non-hydrogen) atoms. The molecule has 1 aliphatic rings. The van der Waals surface area contributed by atoms with Crippen molar-refractivity contribution < 1.29 is 14.7 Å². The third-order valence-corrected chi connectivity index (χ3v) is 5.10. The van der Waals surface area contributed by atoms with Gasteiger partial charge < -0.3 is 15.0 Å². The molecule has 1 fully saturated rings. The summed E-state index contributed by atoms with van der Waals surface area (Å²) in [6.45, 7) is 2.98. The standard InChI is InChI=1S/C19H24N2O3/c1-13-10-16-4-2-3-5-17(16)21(13)12-18(22)20-11-14-6-8-15(9-7-14)19(23)24/h2-5,10,14-15H,6-9,11-12H2,1H3,(H,20,22)(H,23,24). The van der Waals surface area contributed by atoms with Crippen molar-refractivity contribution in [1.82, 2.24) is 9.88 Å². The normalized spacial score (nSPS) is 20.9. The number of fused-ring (bicyclic) bond motifs is 1. The number of carbonyl (C=O) groups excluding carboxylic acids is 1. The Morgan fingerprint density at radius 1 is 1.21 bits per heavy atom. The van der Waals surface area contributed by atoms with Crippen molar-refractivity contribution in [2.45, 2.75) is 39.2 Å². The lowest BCUT2D eigenvalue weighted by Crippen LogP contribution is -2.34. The predicted octanol–water partition coefficient (Wildman–Crippen LogP) is 2.96. The number of aromatic nitrogens is 1. The van der Waals surface area contributed by atoms with Gasteiger partial charge in [-0.3, -0.25) is 9.59 Å². The summed E-state index contributed by atoms with van der Waals surface area (Å²) >= 11 is 0. The Labute approximate surface area is 141 Å². The first-order valence-corrected chi connectivity index (χ1v) is 8.59. The molecule has 5 nitrogen and oxygen atoms in total. The monoisotopic (exact) mass is 328 g/mol. The van der Waals surface area contributed by atoms with Gasteiger partial charge in [0.2, 0.25) is 5.91 Å². The molecule has 128 valence electrons. The largest absolute Gasteiger partial charge is 0.481 e. The fourth-order valence-corrected chi connectivity index (χ4v) is 3.63. The summed E-state index contributed by atoms with van der Waals surface area (Å²) in [7, 11) is 0. The Balaban J connectivity index is 1.53. The van der Waals surface area contributed by atoms with E-state index in [-0.39, 0.29) is 11.8 Å². The number of hydrogen-bond acceptors (Lipinski definition) is 2. The fourth-order valence-electron chi connectivity index (χ4n) is 3.63. The SMILES string of the molecule is Cc1cc2ccccc2n1CC(=O)NCC1CCC(C(=O)O)CC1. The second kappa shape index (κ2) is 7.07. The molecular formula is C19H24N2O3. The molecular weight excluding hydrogens is 304 g/mol. The molecule has 0 radical (unpaired) electrons. The molecule has 1 heterocycles. The molecule has 1 amide bonds. The minimum atomic E-state index is -0.688. The van der Waals surface area contributed by atoms with E-state index in [0.717, 1.165) is 42.3 Å². The second-order valence-corrected chi connectivity index (χ2v) is 6.79.